The molecule has 264 valence electrons. The smallest absolute Gasteiger partial charge is 0.236 e. The summed E-state index contributed by atoms with van der Waals surface area (Å²) in [5, 5.41) is 10.8. The largest absolute Gasteiger partial charge is 0.452 e. The Hall–Kier alpha value is -6.78. The maximum Gasteiger partial charge on any atom is 0.236 e. The zero-order chi connectivity index (χ0) is 36.5. The SMILES string of the molecule is c1ccc2c(c1)-c1c(c3c4ccc5ccccc5c4n(-c4nc(-c5cccc6ccccc56)c5oc6ccccc6c5n4)c3c3ccccc13)C21CCCCC1. The van der Waals surface area contributed by atoms with Crippen molar-refractivity contribution >= 4 is 76.2 Å². The highest BCUT2D eigenvalue weighted by molar-refractivity contribution is 6.29. The standard InChI is InChI=1S/C52H35N3O/c1-12-29-52(30-13-1)41-25-10-8-22-38(41)43-35-20-6-7-21-37(35)49-44(45(43)52)40-28-27-32-16-3-5-19-34(32)48(40)55(49)51-53-46(36-24-14-17-31-15-2-4-18-33(31)36)50-47(54-51)39-23-9-11-26-42(39)56-50/h2-11,14-28H,1,12-13,29-30H2. The van der Waals surface area contributed by atoms with Gasteiger partial charge in [-0.3, -0.25) is 4.57 Å². The molecule has 0 saturated heterocycles. The van der Waals surface area contributed by atoms with E-state index < -0.39 is 0 Å². The van der Waals surface area contributed by atoms with Gasteiger partial charge in [0.2, 0.25) is 5.95 Å². The molecular formula is C52H35N3O. The van der Waals surface area contributed by atoms with Crippen LogP contribution in [0.3, 0.4) is 0 Å². The number of rotatable bonds is 2. The van der Waals surface area contributed by atoms with Gasteiger partial charge in [0.25, 0.3) is 0 Å². The van der Waals surface area contributed by atoms with E-state index in [4.69, 9.17) is 14.4 Å². The first-order valence-corrected chi connectivity index (χ1v) is 20.0. The van der Waals surface area contributed by atoms with Gasteiger partial charge in [-0.2, -0.15) is 0 Å². The molecule has 0 bridgehead atoms. The van der Waals surface area contributed by atoms with Gasteiger partial charge in [0, 0.05) is 37.9 Å². The fourth-order valence-electron chi connectivity index (χ4n) is 10.9. The highest BCUT2D eigenvalue weighted by Gasteiger charge is 2.46. The molecule has 3 aromatic heterocycles. The normalized spacial score (nSPS) is 14.9. The van der Waals surface area contributed by atoms with Crippen molar-refractivity contribution in [2.45, 2.75) is 37.5 Å². The zero-order valence-electron chi connectivity index (χ0n) is 30.7. The van der Waals surface area contributed by atoms with Crippen LogP contribution in [0, 0.1) is 0 Å². The van der Waals surface area contributed by atoms with Crippen molar-refractivity contribution in [3.63, 3.8) is 0 Å². The number of fused-ring (bicyclic) bond motifs is 18. The Morgan fingerprint density at radius 1 is 0.500 bits per heavy atom. The molecule has 1 fully saturated rings. The van der Waals surface area contributed by atoms with Gasteiger partial charge in [-0.05, 0) is 68.8 Å². The number of para-hydroxylation sites is 1. The van der Waals surface area contributed by atoms with Crippen molar-refractivity contribution in [1.29, 1.82) is 0 Å². The number of furan rings is 1. The van der Waals surface area contributed by atoms with Crippen LogP contribution < -0.4 is 0 Å². The first-order chi connectivity index (χ1) is 27.8. The fraction of sp³-hybridized carbons (Fsp3) is 0.115. The number of hydrogen-bond acceptors (Lipinski definition) is 3. The lowest BCUT2D eigenvalue weighted by atomic mass is 9.66. The molecule has 11 aromatic rings. The van der Waals surface area contributed by atoms with Crippen molar-refractivity contribution in [3.05, 3.63) is 163 Å². The lowest BCUT2D eigenvalue weighted by Crippen LogP contribution is -2.28. The quantitative estimate of drug-likeness (QED) is 0.179. The molecule has 1 spiro atoms. The summed E-state index contributed by atoms with van der Waals surface area (Å²) >= 11 is 0. The number of hydrogen-bond donors (Lipinski definition) is 0. The van der Waals surface area contributed by atoms with Crippen LogP contribution in [0.25, 0.3) is 105 Å². The van der Waals surface area contributed by atoms with Crippen molar-refractivity contribution < 1.29 is 4.42 Å². The molecule has 0 radical (unpaired) electrons. The molecule has 4 nitrogen and oxygen atoms in total. The average molecular weight is 718 g/mol. The number of nitrogens with zero attached hydrogens (tertiary/aromatic N) is 3. The van der Waals surface area contributed by atoms with E-state index in [9.17, 15) is 0 Å². The Labute approximate surface area is 322 Å². The summed E-state index contributed by atoms with van der Waals surface area (Å²) in [7, 11) is 0. The van der Waals surface area contributed by atoms with Crippen molar-refractivity contribution in [2.75, 3.05) is 0 Å². The van der Waals surface area contributed by atoms with Gasteiger partial charge in [0.1, 0.15) is 16.8 Å². The van der Waals surface area contributed by atoms with Gasteiger partial charge >= 0.3 is 0 Å². The minimum absolute atomic E-state index is 0.0586. The van der Waals surface area contributed by atoms with Crippen LogP contribution in [-0.4, -0.2) is 14.5 Å². The third-order valence-electron chi connectivity index (χ3n) is 13.2. The molecule has 3 heterocycles. The van der Waals surface area contributed by atoms with Gasteiger partial charge in [-0.15, -0.1) is 0 Å². The van der Waals surface area contributed by atoms with E-state index in [0.29, 0.717) is 11.5 Å². The first-order valence-electron chi connectivity index (χ1n) is 20.0. The molecule has 0 unspecified atom stereocenters. The van der Waals surface area contributed by atoms with E-state index in [1.807, 2.05) is 12.1 Å². The summed E-state index contributed by atoms with van der Waals surface area (Å²) in [5.41, 5.74) is 12.2. The lowest BCUT2D eigenvalue weighted by Gasteiger charge is -2.36. The summed E-state index contributed by atoms with van der Waals surface area (Å²) in [6.07, 6.45) is 6.04. The second kappa shape index (κ2) is 11.1. The van der Waals surface area contributed by atoms with Crippen LogP contribution in [0.1, 0.15) is 43.2 Å². The molecule has 0 amide bonds. The highest BCUT2D eigenvalue weighted by Crippen LogP contribution is 2.61. The van der Waals surface area contributed by atoms with Crippen molar-refractivity contribution in [1.82, 2.24) is 14.5 Å². The van der Waals surface area contributed by atoms with Gasteiger partial charge in [0.05, 0.1) is 11.0 Å². The molecule has 0 N–H and O–H groups in total. The highest BCUT2D eigenvalue weighted by atomic mass is 16.3. The molecule has 13 rings (SSSR count). The minimum atomic E-state index is -0.0586. The van der Waals surface area contributed by atoms with E-state index in [1.165, 1.54) is 79.4 Å². The molecule has 2 aliphatic rings. The van der Waals surface area contributed by atoms with E-state index >= 15 is 0 Å². The second-order valence-corrected chi connectivity index (χ2v) is 15.9. The van der Waals surface area contributed by atoms with Crippen molar-refractivity contribution in [3.8, 4) is 28.3 Å². The maximum atomic E-state index is 6.71. The molecule has 2 aliphatic carbocycles. The Kier molecular flexibility index (Phi) is 6.08. The fourth-order valence-corrected chi connectivity index (χ4v) is 10.9. The van der Waals surface area contributed by atoms with Gasteiger partial charge < -0.3 is 4.42 Å². The van der Waals surface area contributed by atoms with Crippen LogP contribution >= 0.6 is 0 Å². The summed E-state index contributed by atoms with van der Waals surface area (Å²) in [6, 6.07) is 55.2. The third kappa shape index (κ3) is 3.88. The monoisotopic (exact) mass is 717 g/mol. The predicted molar refractivity (Wildman–Crippen MR) is 231 cm³/mol. The molecule has 0 atom stereocenters. The maximum absolute atomic E-state index is 6.71. The molecule has 1 saturated carbocycles. The molecule has 56 heavy (non-hydrogen) atoms. The lowest BCUT2D eigenvalue weighted by molar-refractivity contribution is 0.355. The van der Waals surface area contributed by atoms with E-state index in [-0.39, 0.29) is 5.41 Å². The Morgan fingerprint density at radius 2 is 1.16 bits per heavy atom. The van der Waals surface area contributed by atoms with Gasteiger partial charge in [0.15, 0.2) is 5.58 Å². The van der Waals surface area contributed by atoms with Crippen LogP contribution in [-0.2, 0) is 5.41 Å². The Bertz CT molecular complexity index is 3470. The van der Waals surface area contributed by atoms with Crippen LogP contribution in [0.5, 0.6) is 0 Å². The molecule has 4 heteroatoms. The Balaban J connectivity index is 1.28. The average Bonchev–Trinajstić information content (AvgIpc) is 3.90. The van der Waals surface area contributed by atoms with Gasteiger partial charge in [-0.1, -0.05) is 159 Å². The molecule has 0 aliphatic heterocycles. The van der Waals surface area contributed by atoms with E-state index in [0.717, 1.165) is 56.9 Å². The minimum Gasteiger partial charge on any atom is -0.452 e. The van der Waals surface area contributed by atoms with Crippen molar-refractivity contribution in [2.24, 2.45) is 0 Å². The third-order valence-corrected chi connectivity index (χ3v) is 13.2. The topological polar surface area (TPSA) is 43.9 Å². The second-order valence-electron chi connectivity index (χ2n) is 15.9. The molecular weight excluding hydrogens is 683 g/mol. The van der Waals surface area contributed by atoms with E-state index in [1.54, 1.807) is 0 Å². The van der Waals surface area contributed by atoms with Crippen LogP contribution in [0.2, 0.25) is 0 Å². The summed E-state index contributed by atoms with van der Waals surface area (Å²) in [6.45, 7) is 0. The summed E-state index contributed by atoms with van der Waals surface area (Å²) < 4.78 is 9.13. The Morgan fingerprint density at radius 3 is 2.02 bits per heavy atom. The number of benzene rings is 8. The zero-order valence-corrected chi connectivity index (χ0v) is 30.7. The first kappa shape index (κ1) is 30.5. The summed E-state index contributed by atoms with van der Waals surface area (Å²) in [5.74, 6) is 0.654. The van der Waals surface area contributed by atoms with Crippen LogP contribution in [0.4, 0.5) is 0 Å². The van der Waals surface area contributed by atoms with Crippen LogP contribution in [0.15, 0.2) is 156 Å². The number of aromatic nitrogens is 3. The van der Waals surface area contributed by atoms with E-state index in [2.05, 4.69) is 144 Å². The van der Waals surface area contributed by atoms with Gasteiger partial charge in [-0.25, -0.2) is 9.97 Å². The molecule has 8 aromatic carbocycles. The summed E-state index contributed by atoms with van der Waals surface area (Å²) in [4.78, 5) is 11.2. The predicted octanol–water partition coefficient (Wildman–Crippen LogP) is 13.8.